The Kier molecular flexibility index (Phi) is 5.69. The topological polar surface area (TPSA) is 72.5 Å². The van der Waals surface area contributed by atoms with Crippen molar-refractivity contribution in [2.24, 2.45) is 0 Å². The summed E-state index contributed by atoms with van der Waals surface area (Å²) in [5, 5.41) is 8.32. The van der Waals surface area contributed by atoms with Crippen molar-refractivity contribution in [1.29, 1.82) is 0 Å². The normalized spacial score (nSPS) is 12.1. The Morgan fingerprint density at radius 3 is 2.71 bits per heavy atom. The maximum absolute atomic E-state index is 10.6. The van der Waals surface area contributed by atoms with Gasteiger partial charge in [0.25, 0.3) is 0 Å². The minimum Gasteiger partial charge on any atom is -0.494 e. The molecule has 0 radical (unpaired) electrons. The molecule has 0 amide bonds. The van der Waals surface area contributed by atoms with Crippen molar-refractivity contribution in [1.82, 2.24) is 0 Å². The van der Waals surface area contributed by atoms with Crippen LogP contribution in [0, 0.1) is 0 Å². The van der Waals surface area contributed by atoms with Crippen molar-refractivity contribution in [3.63, 3.8) is 0 Å². The van der Waals surface area contributed by atoms with Gasteiger partial charge >= 0.3 is 5.97 Å². The molecule has 0 fully saturated rings. The first-order valence-electron chi connectivity index (χ1n) is 5.42. The lowest BCUT2D eigenvalue weighted by Crippen LogP contribution is -2.12. The predicted octanol–water partition coefficient (Wildman–Crippen LogP) is 2.24. The van der Waals surface area contributed by atoms with Gasteiger partial charge in [0.05, 0.1) is 11.9 Å². The summed E-state index contributed by atoms with van der Waals surface area (Å²) < 4.78 is 5.49. The largest absolute Gasteiger partial charge is 0.494 e. The lowest BCUT2D eigenvalue weighted by molar-refractivity contribution is -0.136. The van der Waals surface area contributed by atoms with Crippen LogP contribution in [-0.4, -0.2) is 28.7 Å². The van der Waals surface area contributed by atoms with Gasteiger partial charge in [-0.3, -0.25) is 4.79 Å². The molecular weight excluding hydrogens is 238 g/mol. The molecule has 0 aliphatic carbocycles. The molecule has 0 aliphatic rings. The summed E-state index contributed by atoms with van der Waals surface area (Å²) in [5.41, 5.74) is 6.26. The van der Waals surface area contributed by atoms with E-state index >= 15 is 0 Å². The van der Waals surface area contributed by atoms with Crippen molar-refractivity contribution in [3.05, 3.63) is 24.3 Å². The maximum Gasteiger partial charge on any atom is 0.316 e. The third-order valence-corrected chi connectivity index (χ3v) is 3.38. The SMILES string of the molecule is CC(SCCCOc1ccc(N)cc1)C(=O)O. The zero-order valence-corrected chi connectivity index (χ0v) is 10.6. The summed E-state index contributed by atoms with van der Waals surface area (Å²) in [5.74, 6) is 0.799. The van der Waals surface area contributed by atoms with E-state index in [-0.39, 0.29) is 5.25 Å². The molecule has 0 aromatic heterocycles. The summed E-state index contributed by atoms with van der Waals surface area (Å²) in [6, 6.07) is 7.22. The molecule has 3 N–H and O–H groups in total. The number of carboxylic acids is 1. The summed E-state index contributed by atoms with van der Waals surface area (Å²) in [7, 11) is 0. The van der Waals surface area contributed by atoms with Gasteiger partial charge in [-0.25, -0.2) is 0 Å². The van der Waals surface area contributed by atoms with E-state index < -0.39 is 5.97 Å². The van der Waals surface area contributed by atoms with Crippen molar-refractivity contribution >= 4 is 23.4 Å². The standard InChI is InChI=1S/C12H17NO3S/c1-9(12(14)15)17-8-2-7-16-11-5-3-10(13)4-6-11/h3-6,9H,2,7-8,13H2,1H3,(H,14,15). The number of anilines is 1. The van der Waals surface area contributed by atoms with Crippen LogP contribution in [0.1, 0.15) is 13.3 Å². The highest BCUT2D eigenvalue weighted by Crippen LogP contribution is 2.15. The first-order valence-corrected chi connectivity index (χ1v) is 6.47. The van der Waals surface area contributed by atoms with Gasteiger partial charge in [0.2, 0.25) is 0 Å². The number of nitrogen functional groups attached to an aromatic ring is 1. The molecular formula is C12H17NO3S. The second kappa shape index (κ2) is 7.06. The van der Waals surface area contributed by atoms with Gasteiger partial charge in [-0.1, -0.05) is 0 Å². The highest BCUT2D eigenvalue weighted by Gasteiger charge is 2.09. The number of benzene rings is 1. The zero-order valence-electron chi connectivity index (χ0n) is 9.76. The summed E-state index contributed by atoms with van der Waals surface area (Å²) in [6.07, 6.45) is 0.826. The van der Waals surface area contributed by atoms with Gasteiger partial charge in [0, 0.05) is 5.69 Å². The van der Waals surface area contributed by atoms with E-state index in [1.807, 2.05) is 12.1 Å². The second-order valence-corrected chi connectivity index (χ2v) is 5.07. The minimum absolute atomic E-state index is 0.355. The van der Waals surface area contributed by atoms with Gasteiger partial charge in [-0.2, -0.15) is 0 Å². The Bertz CT molecular complexity index is 353. The maximum atomic E-state index is 10.6. The Morgan fingerprint density at radius 1 is 1.47 bits per heavy atom. The van der Waals surface area contributed by atoms with E-state index in [0.717, 1.165) is 17.9 Å². The van der Waals surface area contributed by atoms with Crippen LogP contribution in [0.3, 0.4) is 0 Å². The Labute approximate surface area is 105 Å². The number of ether oxygens (including phenoxy) is 1. The fourth-order valence-corrected chi connectivity index (χ4v) is 1.93. The van der Waals surface area contributed by atoms with Crippen LogP contribution < -0.4 is 10.5 Å². The first kappa shape index (κ1) is 13.7. The van der Waals surface area contributed by atoms with Gasteiger partial charge in [-0.05, 0) is 43.4 Å². The van der Waals surface area contributed by atoms with Crippen LogP contribution in [-0.2, 0) is 4.79 Å². The summed E-state index contributed by atoms with van der Waals surface area (Å²) in [4.78, 5) is 10.6. The van der Waals surface area contributed by atoms with Gasteiger partial charge in [-0.15, -0.1) is 11.8 Å². The molecule has 5 heteroatoms. The van der Waals surface area contributed by atoms with E-state index in [2.05, 4.69) is 0 Å². The van der Waals surface area contributed by atoms with Crippen molar-refractivity contribution < 1.29 is 14.6 Å². The second-order valence-electron chi connectivity index (χ2n) is 3.62. The predicted molar refractivity (Wildman–Crippen MR) is 70.5 cm³/mol. The number of nitrogens with two attached hydrogens (primary N) is 1. The molecule has 1 atom stereocenters. The third-order valence-electron chi connectivity index (χ3n) is 2.15. The highest BCUT2D eigenvalue weighted by atomic mass is 32.2. The lowest BCUT2D eigenvalue weighted by Gasteiger charge is -2.07. The summed E-state index contributed by atoms with van der Waals surface area (Å²) >= 11 is 1.42. The van der Waals surface area contributed by atoms with Gasteiger partial charge in [0.15, 0.2) is 0 Å². The zero-order chi connectivity index (χ0) is 12.7. The van der Waals surface area contributed by atoms with Crippen LogP contribution >= 0.6 is 11.8 Å². The fraction of sp³-hybridized carbons (Fsp3) is 0.417. The first-order chi connectivity index (χ1) is 8.09. The molecule has 0 aliphatic heterocycles. The highest BCUT2D eigenvalue weighted by molar-refractivity contribution is 8.00. The van der Waals surface area contributed by atoms with Crippen LogP contribution in [0.15, 0.2) is 24.3 Å². The van der Waals surface area contributed by atoms with Crippen molar-refractivity contribution in [2.45, 2.75) is 18.6 Å². The molecule has 0 spiro atoms. The van der Waals surface area contributed by atoms with Crippen molar-refractivity contribution in [3.8, 4) is 5.75 Å². The molecule has 17 heavy (non-hydrogen) atoms. The molecule has 1 rings (SSSR count). The molecule has 4 nitrogen and oxygen atoms in total. The molecule has 0 saturated carbocycles. The molecule has 1 aromatic rings. The van der Waals surface area contributed by atoms with E-state index in [1.165, 1.54) is 11.8 Å². The Hall–Kier alpha value is -1.36. The molecule has 0 bridgehead atoms. The number of rotatable bonds is 7. The lowest BCUT2D eigenvalue weighted by atomic mass is 10.3. The number of thioether (sulfide) groups is 1. The molecule has 1 unspecified atom stereocenters. The van der Waals surface area contributed by atoms with E-state index in [9.17, 15) is 4.79 Å². The molecule has 0 heterocycles. The number of aliphatic carboxylic acids is 1. The van der Waals surface area contributed by atoms with Crippen LogP contribution in [0.4, 0.5) is 5.69 Å². The van der Waals surface area contributed by atoms with E-state index in [4.69, 9.17) is 15.6 Å². The van der Waals surface area contributed by atoms with Gasteiger partial charge in [0.1, 0.15) is 5.75 Å². The Morgan fingerprint density at radius 2 is 2.12 bits per heavy atom. The van der Waals surface area contributed by atoms with Crippen LogP contribution in [0.5, 0.6) is 5.75 Å². The molecule has 1 aromatic carbocycles. The minimum atomic E-state index is -0.769. The quantitative estimate of drug-likeness (QED) is 0.577. The van der Waals surface area contributed by atoms with E-state index in [0.29, 0.717) is 12.3 Å². The Balaban J connectivity index is 2.12. The number of hydrogen-bond acceptors (Lipinski definition) is 4. The molecule has 0 saturated heterocycles. The fourth-order valence-electron chi connectivity index (χ4n) is 1.14. The monoisotopic (exact) mass is 255 g/mol. The number of carboxylic acid groups (broad SMARTS) is 1. The smallest absolute Gasteiger partial charge is 0.316 e. The third kappa shape index (κ3) is 5.49. The number of hydrogen-bond donors (Lipinski definition) is 2. The average molecular weight is 255 g/mol. The average Bonchev–Trinajstić information content (AvgIpc) is 2.30. The van der Waals surface area contributed by atoms with Gasteiger partial charge < -0.3 is 15.6 Å². The van der Waals surface area contributed by atoms with Crippen LogP contribution in [0.25, 0.3) is 0 Å². The number of carbonyl (C=O) groups is 1. The van der Waals surface area contributed by atoms with Crippen LogP contribution in [0.2, 0.25) is 0 Å². The van der Waals surface area contributed by atoms with E-state index in [1.54, 1.807) is 19.1 Å². The summed E-state index contributed by atoms with van der Waals surface area (Å²) in [6.45, 7) is 2.27. The molecule has 94 valence electrons. The van der Waals surface area contributed by atoms with Crippen molar-refractivity contribution in [2.75, 3.05) is 18.1 Å².